The Bertz CT molecular complexity index is 568. The second kappa shape index (κ2) is 5.59. The fourth-order valence-corrected chi connectivity index (χ4v) is 2.35. The lowest BCUT2D eigenvalue weighted by atomic mass is 10.1. The van der Waals surface area contributed by atoms with Crippen molar-refractivity contribution in [2.24, 2.45) is 0 Å². The number of carbonyl (C=O) groups excluding carboxylic acids is 1. The van der Waals surface area contributed by atoms with Gasteiger partial charge in [0.1, 0.15) is 0 Å². The zero-order valence-corrected chi connectivity index (χ0v) is 12.0. The van der Waals surface area contributed by atoms with Crippen LogP contribution in [0.3, 0.4) is 0 Å². The van der Waals surface area contributed by atoms with Crippen LogP contribution in [0.25, 0.3) is 0 Å². The number of halogens is 2. The number of hydrogen-bond donors (Lipinski definition) is 1. The molecule has 1 amide bonds. The molecule has 1 N–H and O–H groups in total. The molecule has 94 valence electrons. The van der Waals surface area contributed by atoms with E-state index < -0.39 is 0 Å². The van der Waals surface area contributed by atoms with E-state index >= 15 is 0 Å². The minimum atomic E-state index is -0.206. The van der Waals surface area contributed by atoms with Crippen molar-refractivity contribution in [1.29, 1.82) is 0 Å². The van der Waals surface area contributed by atoms with E-state index in [1.807, 2.05) is 25.1 Å². The number of benzene rings is 1. The van der Waals surface area contributed by atoms with Crippen LogP contribution in [-0.2, 0) is 0 Å². The van der Waals surface area contributed by atoms with Gasteiger partial charge in [-0.05, 0) is 40.5 Å². The van der Waals surface area contributed by atoms with Crippen molar-refractivity contribution in [2.75, 3.05) is 0 Å². The molecule has 2 aromatic rings. The summed E-state index contributed by atoms with van der Waals surface area (Å²) < 4.78 is 5.45. The molecule has 1 atom stereocenters. The maximum absolute atomic E-state index is 12.0. The van der Waals surface area contributed by atoms with Gasteiger partial charge in [0.2, 0.25) is 0 Å². The van der Waals surface area contributed by atoms with E-state index in [2.05, 4.69) is 21.2 Å². The minimum absolute atomic E-state index is 0.173. The van der Waals surface area contributed by atoms with Gasteiger partial charge < -0.3 is 9.73 Å². The fraction of sp³-hybridized carbons (Fsp3) is 0.154. The normalized spacial score (nSPS) is 12.2. The summed E-state index contributed by atoms with van der Waals surface area (Å²) in [4.78, 5) is 12.0. The standard InChI is InChI=1S/C13H11BrClNO2/c1-8(9-4-2-3-5-11(9)15)16-13(17)10-6-7-18-12(10)14/h2-8H,1H3,(H,16,17). The van der Waals surface area contributed by atoms with Gasteiger partial charge in [-0.1, -0.05) is 29.8 Å². The van der Waals surface area contributed by atoms with E-state index in [0.717, 1.165) is 5.56 Å². The predicted octanol–water partition coefficient (Wildman–Crippen LogP) is 4.19. The molecule has 0 saturated heterocycles. The number of rotatable bonds is 3. The molecule has 1 heterocycles. The Morgan fingerprint density at radius 3 is 2.72 bits per heavy atom. The Hall–Kier alpha value is -1.26. The van der Waals surface area contributed by atoms with Gasteiger partial charge in [0.25, 0.3) is 5.91 Å². The molecule has 1 unspecified atom stereocenters. The van der Waals surface area contributed by atoms with Gasteiger partial charge in [-0.25, -0.2) is 0 Å². The molecule has 18 heavy (non-hydrogen) atoms. The van der Waals surface area contributed by atoms with Crippen LogP contribution in [0.2, 0.25) is 5.02 Å². The van der Waals surface area contributed by atoms with Gasteiger partial charge in [-0.2, -0.15) is 0 Å². The van der Waals surface area contributed by atoms with Crippen LogP contribution in [-0.4, -0.2) is 5.91 Å². The van der Waals surface area contributed by atoms with E-state index in [4.69, 9.17) is 16.0 Å². The molecule has 0 aliphatic rings. The number of hydrogen-bond acceptors (Lipinski definition) is 2. The SMILES string of the molecule is CC(NC(=O)c1ccoc1Br)c1ccccc1Cl. The Morgan fingerprint density at radius 1 is 1.39 bits per heavy atom. The number of nitrogens with one attached hydrogen (secondary N) is 1. The topological polar surface area (TPSA) is 42.2 Å². The van der Waals surface area contributed by atoms with E-state index in [1.165, 1.54) is 6.26 Å². The molecular weight excluding hydrogens is 318 g/mol. The Morgan fingerprint density at radius 2 is 2.11 bits per heavy atom. The first kappa shape index (κ1) is 13.2. The average Bonchev–Trinajstić information content (AvgIpc) is 2.76. The zero-order chi connectivity index (χ0) is 13.1. The van der Waals surface area contributed by atoms with Gasteiger partial charge >= 0.3 is 0 Å². The first-order valence-corrected chi connectivity index (χ1v) is 6.55. The molecule has 0 aliphatic heterocycles. The molecule has 2 rings (SSSR count). The van der Waals surface area contributed by atoms with Crippen molar-refractivity contribution < 1.29 is 9.21 Å². The molecule has 0 spiro atoms. The summed E-state index contributed by atoms with van der Waals surface area (Å²) in [5, 5.41) is 3.50. The van der Waals surface area contributed by atoms with Gasteiger partial charge in [0.05, 0.1) is 17.9 Å². The third kappa shape index (κ3) is 2.76. The maximum atomic E-state index is 12.0. The van der Waals surface area contributed by atoms with Crippen LogP contribution in [0.5, 0.6) is 0 Å². The summed E-state index contributed by atoms with van der Waals surface area (Å²) >= 11 is 9.25. The lowest BCUT2D eigenvalue weighted by Crippen LogP contribution is -2.26. The lowest BCUT2D eigenvalue weighted by Gasteiger charge is -2.15. The van der Waals surface area contributed by atoms with Crippen molar-refractivity contribution in [3.05, 3.63) is 57.4 Å². The van der Waals surface area contributed by atoms with Crippen LogP contribution >= 0.6 is 27.5 Å². The maximum Gasteiger partial charge on any atom is 0.256 e. The zero-order valence-electron chi connectivity index (χ0n) is 9.61. The van der Waals surface area contributed by atoms with Crippen molar-refractivity contribution in [3.8, 4) is 0 Å². The quantitative estimate of drug-likeness (QED) is 0.918. The van der Waals surface area contributed by atoms with E-state index in [1.54, 1.807) is 12.1 Å². The van der Waals surface area contributed by atoms with Crippen molar-refractivity contribution in [1.82, 2.24) is 5.32 Å². The van der Waals surface area contributed by atoms with Gasteiger partial charge in [-0.3, -0.25) is 4.79 Å². The average molecular weight is 329 g/mol. The summed E-state index contributed by atoms with van der Waals surface area (Å²) in [5.41, 5.74) is 1.35. The van der Waals surface area contributed by atoms with Crippen LogP contribution in [0.15, 0.2) is 45.7 Å². The lowest BCUT2D eigenvalue weighted by molar-refractivity contribution is 0.0938. The van der Waals surface area contributed by atoms with Gasteiger partial charge in [0, 0.05) is 5.02 Å². The van der Waals surface area contributed by atoms with E-state index in [9.17, 15) is 4.79 Å². The van der Waals surface area contributed by atoms with Crippen molar-refractivity contribution in [2.45, 2.75) is 13.0 Å². The molecule has 1 aromatic heterocycles. The highest BCUT2D eigenvalue weighted by Crippen LogP contribution is 2.23. The highest BCUT2D eigenvalue weighted by molar-refractivity contribution is 9.10. The third-order valence-corrected chi connectivity index (χ3v) is 3.54. The molecule has 0 bridgehead atoms. The summed E-state index contributed by atoms with van der Waals surface area (Å²) in [5.74, 6) is -0.206. The molecule has 3 nitrogen and oxygen atoms in total. The van der Waals surface area contributed by atoms with E-state index in [0.29, 0.717) is 15.3 Å². The predicted molar refractivity (Wildman–Crippen MR) is 73.7 cm³/mol. The number of furan rings is 1. The monoisotopic (exact) mass is 327 g/mol. The Kier molecular flexibility index (Phi) is 4.09. The summed E-state index contributed by atoms with van der Waals surface area (Å²) in [7, 11) is 0. The van der Waals surface area contributed by atoms with Crippen molar-refractivity contribution >= 4 is 33.4 Å². The number of amides is 1. The van der Waals surface area contributed by atoms with Crippen LogP contribution in [0, 0.1) is 0 Å². The number of carbonyl (C=O) groups is 1. The van der Waals surface area contributed by atoms with Crippen molar-refractivity contribution in [3.63, 3.8) is 0 Å². The molecule has 0 fully saturated rings. The molecular formula is C13H11BrClNO2. The second-order valence-electron chi connectivity index (χ2n) is 3.82. The van der Waals surface area contributed by atoms with E-state index in [-0.39, 0.29) is 11.9 Å². The second-order valence-corrected chi connectivity index (χ2v) is 4.95. The summed E-state index contributed by atoms with van der Waals surface area (Å²) in [6.07, 6.45) is 1.46. The highest BCUT2D eigenvalue weighted by Gasteiger charge is 2.16. The van der Waals surface area contributed by atoms with Crippen LogP contribution in [0.4, 0.5) is 0 Å². The summed E-state index contributed by atoms with van der Waals surface area (Å²) in [6, 6.07) is 8.86. The molecule has 0 aliphatic carbocycles. The van der Waals surface area contributed by atoms with Gasteiger partial charge in [-0.15, -0.1) is 0 Å². The smallest absolute Gasteiger partial charge is 0.256 e. The first-order chi connectivity index (χ1) is 8.59. The highest BCUT2D eigenvalue weighted by atomic mass is 79.9. The molecule has 0 radical (unpaired) electrons. The minimum Gasteiger partial charge on any atom is -0.457 e. The molecule has 5 heteroatoms. The molecule has 0 saturated carbocycles. The van der Waals surface area contributed by atoms with Crippen LogP contribution in [0.1, 0.15) is 28.9 Å². The molecule has 1 aromatic carbocycles. The largest absolute Gasteiger partial charge is 0.457 e. The van der Waals surface area contributed by atoms with Crippen LogP contribution < -0.4 is 5.32 Å². The first-order valence-electron chi connectivity index (χ1n) is 5.38. The Balaban J connectivity index is 2.13. The van der Waals surface area contributed by atoms with Gasteiger partial charge in [0.15, 0.2) is 4.67 Å². The fourth-order valence-electron chi connectivity index (χ4n) is 1.63. The third-order valence-electron chi connectivity index (χ3n) is 2.58. The summed E-state index contributed by atoms with van der Waals surface area (Å²) in [6.45, 7) is 1.88. The Labute approximate surface area is 118 Å².